The molecule has 0 saturated carbocycles. The first-order valence-electron chi connectivity index (χ1n) is 5.42. The standard InChI is InChI=1S/C13H9FN2O2/c14-10-1-2-11-8(5-15-12(11)4-10)3-13-9(7-17)6-16-18-13/h1-2,4-7,15H,3H2. The van der Waals surface area contributed by atoms with Crippen LogP contribution in [0.4, 0.5) is 4.39 Å². The first-order chi connectivity index (χ1) is 8.78. The molecule has 1 aromatic carbocycles. The highest BCUT2D eigenvalue weighted by atomic mass is 19.1. The number of benzene rings is 1. The number of fused-ring (bicyclic) bond motifs is 1. The summed E-state index contributed by atoms with van der Waals surface area (Å²) in [6.07, 6.45) is 4.32. The number of aldehydes is 1. The van der Waals surface area contributed by atoms with Crippen molar-refractivity contribution in [2.45, 2.75) is 6.42 Å². The van der Waals surface area contributed by atoms with Crippen molar-refractivity contribution in [1.82, 2.24) is 10.1 Å². The van der Waals surface area contributed by atoms with Crippen molar-refractivity contribution in [3.8, 4) is 0 Å². The SMILES string of the molecule is O=Cc1cnoc1Cc1c[nH]c2cc(F)ccc12. The van der Waals surface area contributed by atoms with E-state index in [1.165, 1.54) is 18.3 Å². The number of aromatic nitrogens is 2. The van der Waals surface area contributed by atoms with Gasteiger partial charge in [0.15, 0.2) is 12.0 Å². The molecule has 0 amide bonds. The summed E-state index contributed by atoms with van der Waals surface area (Å²) in [5, 5.41) is 4.50. The molecule has 2 aromatic heterocycles. The summed E-state index contributed by atoms with van der Waals surface area (Å²) in [7, 11) is 0. The van der Waals surface area contributed by atoms with Gasteiger partial charge in [0.2, 0.25) is 0 Å². The van der Waals surface area contributed by atoms with E-state index in [0.29, 0.717) is 24.0 Å². The van der Waals surface area contributed by atoms with Gasteiger partial charge in [0.1, 0.15) is 5.82 Å². The number of carbonyl (C=O) groups excluding carboxylic acids is 1. The van der Waals surface area contributed by atoms with Crippen molar-refractivity contribution < 1.29 is 13.7 Å². The normalized spacial score (nSPS) is 10.9. The fraction of sp³-hybridized carbons (Fsp3) is 0.0769. The first kappa shape index (κ1) is 10.7. The Balaban J connectivity index is 2.03. The highest BCUT2D eigenvalue weighted by Gasteiger charge is 2.11. The molecule has 2 heterocycles. The second-order valence-corrected chi connectivity index (χ2v) is 4.00. The number of aromatic amines is 1. The van der Waals surface area contributed by atoms with Crippen LogP contribution in [0.3, 0.4) is 0 Å². The molecule has 1 N–H and O–H groups in total. The van der Waals surface area contributed by atoms with Crippen LogP contribution in [0.15, 0.2) is 35.1 Å². The molecule has 0 saturated heterocycles. The number of H-pyrrole nitrogens is 1. The van der Waals surface area contributed by atoms with E-state index < -0.39 is 0 Å². The predicted octanol–water partition coefficient (Wildman–Crippen LogP) is 2.70. The zero-order valence-electron chi connectivity index (χ0n) is 9.31. The molecule has 0 fully saturated rings. The smallest absolute Gasteiger partial charge is 0.155 e. The zero-order valence-corrected chi connectivity index (χ0v) is 9.31. The summed E-state index contributed by atoms with van der Waals surface area (Å²) in [5.41, 5.74) is 2.09. The van der Waals surface area contributed by atoms with E-state index in [-0.39, 0.29) is 5.82 Å². The highest BCUT2D eigenvalue weighted by molar-refractivity contribution is 5.84. The van der Waals surface area contributed by atoms with Crippen LogP contribution in [0.5, 0.6) is 0 Å². The molecule has 18 heavy (non-hydrogen) atoms. The molecule has 0 unspecified atom stereocenters. The van der Waals surface area contributed by atoms with Gasteiger partial charge in [0.05, 0.1) is 11.8 Å². The van der Waals surface area contributed by atoms with Crippen molar-refractivity contribution in [3.63, 3.8) is 0 Å². The van der Waals surface area contributed by atoms with Gasteiger partial charge in [0, 0.05) is 23.5 Å². The van der Waals surface area contributed by atoms with Crippen molar-refractivity contribution in [3.05, 3.63) is 53.3 Å². The van der Waals surface area contributed by atoms with E-state index in [2.05, 4.69) is 10.1 Å². The number of hydrogen-bond acceptors (Lipinski definition) is 3. The summed E-state index contributed by atoms with van der Waals surface area (Å²) < 4.78 is 18.1. The van der Waals surface area contributed by atoms with Gasteiger partial charge in [-0.05, 0) is 23.8 Å². The minimum Gasteiger partial charge on any atom is -0.361 e. The van der Waals surface area contributed by atoms with E-state index in [9.17, 15) is 9.18 Å². The number of carbonyl (C=O) groups is 1. The minimum absolute atomic E-state index is 0.288. The van der Waals surface area contributed by atoms with E-state index in [0.717, 1.165) is 16.5 Å². The first-order valence-corrected chi connectivity index (χ1v) is 5.42. The molecule has 4 nitrogen and oxygen atoms in total. The summed E-state index contributed by atoms with van der Waals surface area (Å²) in [5.74, 6) is 0.222. The Kier molecular flexibility index (Phi) is 2.44. The van der Waals surface area contributed by atoms with Crippen LogP contribution < -0.4 is 0 Å². The van der Waals surface area contributed by atoms with Crippen LogP contribution in [0.25, 0.3) is 10.9 Å². The van der Waals surface area contributed by atoms with Gasteiger partial charge in [-0.2, -0.15) is 0 Å². The van der Waals surface area contributed by atoms with Crippen LogP contribution in [-0.4, -0.2) is 16.4 Å². The lowest BCUT2D eigenvalue weighted by molar-refractivity contribution is 0.112. The van der Waals surface area contributed by atoms with Crippen LogP contribution in [0.2, 0.25) is 0 Å². The average Bonchev–Trinajstić information content (AvgIpc) is 2.96. The summed E-state index contributed by atoms with van der Waals surface area (Å²) in [6.45, 7) is 0. The molecule has 0 radical (unpaired) electrons. The van der Waals surface area contributed by atoms with Gasteiger partial charge >= 0.3 is 0 Å². The summed E-state index contributed by atoms with van der Waals surface area (Å²) in [4.78, 5) is 13.8. The molecule has 0 atom stereocenters. The van der Waals surface area contributed by atoms with E-state index in [4.69, 9.17) is 4.52 Å². The van der Waals surface area contributed by atoms with Gasteiger partial charge in [-0.25, -0.2) is 4.39 Å². The Morgan fingerprint density at radius 1 is 1.44 bits per heavy atom. The van der Waals surface area contributed by atoms with Crippen molar-refractivity contribution in [2.24, 2.45) is 0 Å². The third-order valence-corrected chi connectivity index (χ3v) is 2.88. The molecule has 0 spiro atoms. The van der Waals surface area contributed by atoms with Gasteiger partial charge in [-0.1, -0.05) is 5.16 Å². The highest BCUT2D eigenvalue weighted by Crippen LogP contribution is 2.22. The minimum atomic E-state index is -0.288. The number of hydrogen-bond donors (Lipinski definition) is 1. The van der Waals surface area contributed by atoms with E-state index in [1.54, 1.807) is 12.3 Å². The molecule has 0 bridgehead atoms. The molecule has 5 heteroatoms. The Morgan fingerprint density at radius 3 is 3.17 bits per heavy atom. The number of rotatable bonds is 3. The summed E-state index contributed by atoms with van der Waals surface area (Å²) in [6, 6.07) is 4.54. The average molecular weight is 244 g/mol. The molecular formula is C13H9FN2O2. The number of halogens is 1. The maximum atomic E-state index is 13.0. The quantitative estimate of drug-likeness (QED) is 0.720. The van der Waals surface area contributed by atoms with Gasteiger partial charge in [-0.3, -0.25) is 4.79 Å². The van der Waals surface area contributed by atoms with Crippen LogP contribution in [0.1, 0.15) is 21.7 Å². The Morgan fingerprint density at radius 2 is 2.33 bits per heavy atom. The topological polar surface area (TPSA) is 58.9 Å². The Labute approximate surface area is 101 Å². The lowest BCUT2D eigenvalue weighted by atomic mass is 10.1. The molecule has 3 rings (SSSR count). The number of nitrogens with one attached hydrogen (secondary N) is 1. The maximum absolute atomic E-state index is 13.0. The lowest BCUT2D eigenvalue weighted by Crippen LogP contribution is -1.89. The third kappa shape index (κ3) is 1.69. The zero-order chi connectivity index (χ0) is 12.5. The van der Waals surface area contributed by atoms with E-state index in [1.807, 2.05) is 0 Å². The van der Waals surface area contributed by atoms with Crippen LogP contribution in [-0.2, 0) is 6.42 Å². The molecule has 0 aliphatic carbocycles. The summed E-state index contributed by atoms with van der Waals surface area (Å²) >= 11 is 0. The predicted molar refractivity (Wildman–Crippen MR) is 63.0 cm³/mol. The van der Waals surface area contributed by atoms with Gasteiger partial charge in [0.25, 0.3) is 0 Å². The monoisotopic (exact) mass is 244 g/mol. The van der Waals surface area contributed by atoms with E-state index >= 15 is 0 Å². The van der Waals surface area contributed by atoms with Crippen molar-refractivity contribution >= 4 is 17.2 Å². The fourth-order valence-electron chi connectivity index (χ4n) is 1.98. The largest absolute Gasteiger partial charge is 0.361 e. The molecule has 90 valence electrons. The molecule has 0 aliphatic rings. The van der Waals surface area contributed by atoms with Crippen LogP contribution >= 0.6 is 0 Å². The van der Waals surface area contributed by atoms with Crippen molar-refractivity contribution in [2.75, 3.05) is 0 Å². The van der Waals surface area contributed by atoms with Gasteiger partial charge < -0.3 is 9.51 Å². The third-order valence-electron chi connectivity index (χ3n) is 2.88. The molecule has 3 aromatic rings. The second kappa shape index (κ2) is 4.10. The Hall–Kier alpha value is -2.43. The van der Waals surface area contributed by atoms with Gasteiger partial charge in [-0.15, -0.1) is 0 Å². The molecular weight excluding hydrogens is 235 g/mol. The van der Waals surface area contributed by atoms with Crippen molar-refractivity contribution in [1.29, 1.82) is 0 Å². The number of nitrogens with zero attached hydrogens (tertiary/aromatic N) is 1. The maximum Gasteiger partial charge on any atom is 0.155 e. The second-order valence-electron chi connectivity index (χ2n) is 4.00. The van der Waals surface area contributed by atoms with Crippen LogP contribution in [0, 0.1) is 5.82 Å². The Bertz CT molecular complexity index is 715. The fourth-order valence-corrected chi connectivity index (χ4v) is 1.98. The lowest BCUT2D eigenvalue weighted by Gasteiger charge is -1.96. The molecule has 0 aliphatic heterocycles.